The molecule has 0 bridgehead atoms. The number of alkyl halides is 3. The van der Waals surface area contributed by atoms with Crippen LogP contribution in [0.5, 0.6) is 5.75 Å². The molecule has 1 N–H and O–H groups in total. The molecule has 4 nitrogen and oxygen atoms in total. The lowest BCUT2D eigenvalue weighted by Gasteiger charge is -2.15. The Hall–Kier alpha value is -2.54. The highest BCUT2D eigenvalue weighted by Crippen LogP contribution is 2.27. The summed E-state index contributed by atoms with van der Waals surface area (Å²) in [6.07, 6.45) is -4.61. The molecule has 0 radical (unpaired) electrons. The Balaban J connectivity index is 1.71. The van der Waals surface area contributed by atoms with Gasteiger partial charge in [-0.25, -0.2) is 0 Å². The van der Waals surface area contributed by atoms with Crippen molar-refractivity contribution in [2.45, 2.75) is 18.9 Å². The second kappa shape index (κ2) is 6.76. The molecule has 1 aliphatic rings. The maximum absolute atomic E-state index is 12.3. The van der Waals surface area contributed by atoms with Crippen LogP contribution in [0.3, 0.4) is 0 Å². The molecule has 7 heteroatoms. The van der Waals surface area contributed by atoms with E-state index in [0.29, 0.717) is 30.6 Å². The van der Waals surface area contributed by atoms with Gasteiger partial charge in [0.2, 0.25) is 0 Å². The largest absolute Gasteiger partial charge is 0.573 e. The fourth-order valence-corrected chi connectivity index (χ4v) is 2.76. The van der Waals surface area contributed by atoms with E-state index in [2.05, 4.69) is 4.74 Å². The van der Waals surface area contributed by atoms with Crippen molar-refractivity contribution >= 4 is 5.91 Å². The van der Waals surface area contributed by atoms with Crippen molar-refractivity contribution in [2.75, 3.05) is 13.1 Å². The van der Waals surface area contributed by atoms with E-state index < -0.39 is 12.5 Å². The lowest BCUT2D eigenvalue weighted by molar-refractivity contribution is -0.274. The van der Waals surface area contributed by atoms with E-state index in [0.717, 1.165) is 5.56 Å². The molecular weight excluding hydrogens is 335 g/mol. The number of hydrogen-bond acceptors (Lipinski definition) is 3. The summed E-state index contributed by atoms with van der Waals surface area (Å²) in [6, 6.07) is 12.3. The van der Waals surface area contributed by atoms with Crippen LogP contribution in [-0.4, -0.2) is 41.5 Å². The highest BCUT2D eigenvalue weighted by molar-refractivity contribution is 5.95. The molecule has 1 amide bonds. The molecular formula is C18H16F3NO3. The average molecular weight is 351 g/mol. The lowest BCUT2D eigenvalue weighted by Crippen LogP contribution is -2.29. The van der Waals surface area contributed by atoms with Gasteiger partial charge in [0, 0.05) is 18.7 Å². The fraction of sp³-hybridized carbons (Fsp3) is 0.278. The summed E-state index contributed by atoms with van der Waals surface area (Å²) < 4.78 is 40.3. The van der Waals surface area contributed by atoms with E-state index in [9.17, 15) is 23.1 Å². The van der Waals surface area contributed by atoms with Crippen LogP contribution in [0.1, 0.15) is 16.8 Å². The number of β-amino-alcohol motifs (C(OH)–C–C–N with tert-alkyl or cyclic N) is 1. The summed E-state index contributed by atoms with van der Waals surface area (Å²) in [5.74, 6) is -0.423. The van der Waals surface area contributed by atoms with Crippen LogP contribution in [0.2, 0.25) is 0 Å². The number of rotatable bonds is 3. The average Bonchev–Trinajstić information content (AvgIpc) is 3.00. The predicted molar refractivity (Wildman–Crippen MR) is 85.1 cm³/mol. The Morgan fingerprint density at radius 3 is 2.08 bits per heavy atom. The van der Waals surface area contributed by atoms with Gasteiger partial charge < -0.3 is 14.7 Å². The van der Waals surface area contributed by atoms with Gasteiger partial charge in [0.05, 0.1) is 6.10 Å². The van der Waals surface area contributed by atoms with E-state index >= 15 is 0 Å². The number of carbonyl (C=O) groups is 1. The van der Waals surface area contributed by atoms with Crippen LogP contribution in [0, 0.1) is 0 Å². The fourth-order valence-electron chi connectivity index (χ4n) is 2.76. The van der Waals surface area contributed by atoms with Crippen LogP contribution in [0.4, 0.5) is 13.2 Å². The minimum Gasteiger partial charge on any atom is -0.406 e. The molecule has 1 atom stereocenters. The number of hydrogen-bond donors (Lipinski definition) is 1. The zero-order chi connectivity index (χ0) is 18.0. The summed E-state index contributed by atoms with van der Waals surface area (Å²) in [6.45, 7) is 0.865. The third kappa shape index (κ3) is 4.30. The first kappa shape index (κ1) is 17.3. The third-order valence-electron chi connectivity index (χ3n) is 4.00. The summed E-state index contributed by atoms with van der Waals surface area (Å²) in [7, 11) is 0. The molecule has 1 aliphatic heterocycles. The van der Waals surface area contributed by atoms with Gasteiger partial charge in [-0.15, -0.1) is 13.2 Å². The highest BCUT2D eigenvalue weighted by Gasteiger charge is 2.31. The molecule has 2 aromatic carbocycles. The van der Waals surface area contributed by atoms with E-state index in [1.807, 2.05) is 0 Å². The third-order valence-corrected chi connectivity index (χ3v) is 4.00. The number of ether oxygens (including phenoxy) is 1. The number of nitrogens with zero attached hydrogens (tertiary/aromatic N) is 1. The van der Waals surface area contributed by atoms with Crippen LogP contribution in [0.15, 0.2) is 48.5 Å². The maximum atomic E-state index is 12.3. The smallest absolute Gasteiger partial charge is 0.406 e. The standard InChI is InChI=1S/C18H16F3NO3/c19-18(20,21)25-16-7-5-13(6-8-16)12-1-3-14(4-2-12)17(24)22-10-9-15(23)11-22/h1-8,15,23H,9-11H2. The number of amides is 1. The van der Waals surface area contributed by atoms with Crippen molar-refractivity contribution in [1.82, 2.24) is 4.90 Å². The minimum absolute atomic E-state index is 0.142. The van der Waals surface area contributed by atoms with Crippen LogP contribution in [-0.2, 0) is 0 Å². The molecule has 3 rings (SSSR count). The SMILES string of the molecule is O=C(c1ccc(-c2ccc(OC(F)(F)F)cc2)cc1)N1CCC(O)C1. The van der Waals surface area contributed by atoms with Gasteiger partial charge in [-0.3, -0.25) is 4.79 Å². The molecule has 1 heterocycles. The zero-order valence-corrected chi connectivity index (χ0v) is 13.2. The Labute approximate surface area is 142 Å². The van der Waals surface area contributed by atoms with Crippen molar-refractivity contribution in [3.05, 3.63) is 54.1 Å². The minimum atomic E-state index is -4.72. The number of halogens is 3. The Kier molecular flexibility index (Phi) is 4.67. The monoisotopic (exact) mass is 351 g/mol. The second-order valence-electron chi connectivity index (χ2n) is 5.84. The molecule has 0 spiro atoms. The zero-order valence-electron chi connectivity index (χ0n) is 13.2. The first-order valence-corrected chi connectivity index (χ1v) is 7.75. The van der Waals surface area contributed by atoms with Gasteiger partial charge in [-0.1, -0.05) is 24.3 Å². The van der Waals surface area contributed by atoms with E-state index in [4.69, 9.17) is 0 Å². The molecule has 0 aliphatic carbocycles. The van der Waals surface area contributed by atoms with Gasteiger partial charge in [-0.2, -0.15) is 0 Å². The van der Waals surface area contributed by atoms with Crippen molar-refractivity contribution < 1.29 is 27.8 Å². The van der Waals surface area contributed by atoms with E-state index in [1.165, 1.54) is 24.3 Å². The molecule has 132 valence electrons. The van der Waals surface area contributed by atoms with E-state index in [-0.39, 0.29) is 11.7 Å². The topological polar surface area (TPSA) is 49.8 Å². The maximum Gasteiger partial charge on any atom is 0.573 e. The molecule has 2 aromatic rings. The summed E-state index contributed by atoms with van der Waals surface area (Å²) in [5.41, 5.74) is 2.00. The summed E-state index contributed by atoms with van der Waals surface area (Å²) in [4.78, 5) is 13.9. The molecule has 1 fully saturated rings. The Bertz CT molecular complexity index is 742. The lowest BCUT2D eigenvalue weighted by atomic mass is 10.0. The molecule has 25 heavy (non-hydrogen) atoms. The normalized spacial score (nSPS) is 17.6. The van der Waals surface area contributed by atoms with Gasteiger partial charge in [0.25, 0.3) is 5.91 Å². The van der Waals surface area contributed by atoms with Gasteiger partial charge in [-0.05, 0) is 41.8 Å². The van der Waals surface area contributed by atoms with E-state index in [1.54, 1.807) is 29.2 Å². The molecule has 1 unspecified atom stereocenters. The number of aliphatic hydroxyl groups excluding tert-OH is 1. The number of carbonyl (C=O) groups excluding carboxylic acids is 1. The number of aliphatic hydroxyl groups is 1. The summed E-state index contributed by atoms with van der Waals surface area (Å²) >= 11 is 0. The van der Waals surface area contributed by atoms with Crippen molar-refractivity contribution in [3.63, 3.8) is 0 Å². The molecule has 1 saturated heterocycles. The second-order valence-corrected chi connectivity index (χ2v) is 5.84. The van der Waals surface area contributed by atoms with Gasteiger partial charge in [0.1, 0.15) is 5.75 Å². The Morgan fingerprint density at radius 1 is 1.04 bits per heavy atom. The predicted octanol–water partition coefficient (Wildman–Crippen LogP) is 3.46. The highest BCUT2D eigenvalue weighted by atomic mass is 19.4. The van der Waals surface area contributed by atoms with Crippen molar-refractivity contribution in [2.24, 2.45) is 0 Å². The van der Waals surface area contributed by atoms with Gasteiger partial charge in [0.15, 0.2) is 0 Å². The molecule has 0 saturated carbocycles. The Morgan fingerprint density at radius 2 is 1.60 bits per heavy atom. The number of likely N-dealkylation sites (tertiary alicyclic amines) is 1. The van der Waals surface area contributed by atoms with Crippen molar-refractivity contribution in [1.29, 1.82) is 0 Å². The first-order valence-electron chi connectivity index (χ1n) is 7.75. The first-order chi connectivity index (χ1) is 11.8. The van der Waals surface area contributed by atoms with Gasteiger partial charge >= 0.3 is 6.36 Å². The summed E-state index contributed by atoms with van der Waals surface area (Å²) in [5, 5.41) is 9.51. The van der Waals surface area contributed by atoms with Crippen LogP contribution >= 0.6 is 0 Å². The van der Waals surface area contributed by atoms with Crippen LogP contribution in [0.25, 0.3) is 11.1 Å². The van der Waals surface area contributed by atoms with Crippen molar-refractivity contribution in [3.8, 4) is 16.9 Å². The number of benzene rings is 2. The molecule has 0 aromatic heterocycles. The van der Waals surface area contributed by atoms with Crippen LogP contribution < -0.4 is 4.74 Å². The quantitative estimate of drug-likeness (QED) is 0.921.